The van der Waals surface area contributed by atoms with Crippen molar-refractivity contribution in [3.8, 4) is 50.6 Å². The molecule has 0 bridgehead atoms. The lowest BCUT2D eigenvalue weighted by atomic mass is 9.93. The Balaban J connectivity index is 0.890. The number of ether oxygens (including phenoxy) is 2. The van der Waals surface area contributed by atoms with Crippen LogP contribution in [0.5, 0.6) is 17.2 Å². The van der Waals surface area contributed by atoms with Crippen LogP contribution >= 0.6 is 0 Å². The Bertz CT molecular complexity index is 3770. The van der Waals surface area contributed by atoms with Crippen LogP contribution in [-0.4, -0.2) is 6.10 Å². The van der Waals surface area contributed by atoms with E-state index in [1.807, 2.05) is 0 Å². The monoisotopic (exact) mass is 898 g/mol. The minimum Gasteiger partial charge on any atom is -0.485 e. The number of benzene rings is 11. The predicted molar refractivity (Wildman–Crippen MR) is 291 cm³/mol. The molecule has 0 radical (unpaired) electrons. The molecule has 0 saturated carbocycles. The van der Waals surface area contributed by atoms with Crippen molar-refractivity contribution in [1.82, 2.24) is 0 Å². The molecule has 4 heteroatoms. The lowest BCUT2D eigenvalue weighted by Gasteiger charge is -2.34. The first-order valence-corrected chi connectivity index (χ1v) is 24.0. The smallest absolute Gasteiger partial charge is 0.137 e. The van der Waals surface area contributed by atoms with Crippen molar-refractivity contribution in [3.05, 3.63) is 267 Å². The molecule has 0 N–H and O–H groups in total. The molecule has 70 heavy (non-hydrogen) atoms. The first kappa shape index (κ1) is 41.1. The van der Waals surface area contributed by atoms with Crippen LogP contribution in [-0.2, 0) is 0 Å². The van der Waals surface area contributed by atoms with Gasteiger partial charge in [-0.25, -0.2) is 0 Å². The van der Waals surface area contributed by atoms with Crippen molar-refractivity contribution >= 4 is 60.8 Å². The van der Waals surface area contributed by atoms with Crippen LogP contribution in [0, 0.1) is 0 Å². The van der Waals surface area contributed by atoms with E-state index in [-0.39, 0.29) is 6.10 Å². The summed E-state index contributed by atoms with van der Waals surface area (Å²) >= 11 is 0. The summed E-state index contributed by atoms with van der Waals surface area (Å²) in [5.41, 5.74) is 13.4. The van der Waals surface area contributed by atoms with E-state index in [0.29, 0.717) is 6.42 Å². The molecule has 0 fully saturated rings. The predicted octanol–water partition coefficient (Wildman–Crippen LogP) is 18.2. The summed E-state index contributed by atoms with van der Waals surface area (Å²) in [6.45, 7) is 0. The van der Waals surface area contributed by atoms with Crippen LogP contribution in [0.1, 0.15) is 6.42 Å². The molecule has 1 heterocycles. The third-order valence-electron chi connectivity index (χ3n) is 13.7. The molecule has 2 aliphatic rings. The quantitative estimate of drug-likeness (QED) is 0.128. The fraction of sp³-hybridized carbons (Fsp3) is 0.0303. The molecule has 0 spiro atoms. The van der Waals surface area contributed by atoms with E-state index in [0.717, 1.165) is 84.4 Å². The SMILES string of the molecule is C1=CC(Oc2ccc3c4c(cccc24)Oc2cc(N(c4ccccc4)c4ccccc4)ccc2-3)CC(N(c2ccc(-c3ccccc3)cc2-c2ccccc2)c2cc3ccccc3c3ccccc23)=C1. The highest BCUT2D eigenvalue weighted by Crippen LogP contribution is 2.51. The molecule has 4 nitrogen and oxygen atoms in total. The van der Waals surface area contributed by atoms with Gasteiger partial charge in [-0.15, -0.1) is 0 Å². The average molecular weight is 899 g/mol. The number of allylic oxidation sites excluding steroid dienone is 2. The summed E-state index contributed by atoms with van der Waals surface area (Å²) in [6, 6.07) is 86.4. The van der Waals surface area contributed by atoms with Crippen molar-refractivity contribution in [1.29, 1.82) is 0 Å². The molecule has 0 aromatic heterocycles. The van der Waals surface area contributed by atoms with Gasteiger partial charge in [0, 0.05) is 62.5 Å². The second-order valence-corrected chi connectivity index (χ2v) is 17.9. The van der Waals surface area contributed by atoms with E-state index in [1.165, 1.54) is 32.7 Å². The van der Waals surface area contributed by atoms with Gasteiger partial charge in [0.25, 0.3) is 0 Å². The Kier molecular flexibility index (Phi) is 10.3. The molecule has 11 aromatic carbocycles. The van der Waals surface area contributed by atoms with Crippen molar-refractivity contribution in [2.75, 3.05) is 9.80 Å². The minimum absolute atomic E-state index is 0.253. The number of hydrogen-bond donors (Lipinski definition) is 0. The van der Waals surface area contributed by atoms with Crippen LogP contribution in [0.25, 0.3) is 65.7 Å². The molecule has 13 rings (SSSR count). The number of rotatable bonds is 10. The van der Waals surface area contributed by atoms with Gasteiger partial charge in [-0.1, -0.05) is 170 Å². The van der Waals surface area contributed by atoms with Gasteiger partial charge in [0.05, 0.1) is 11.4 Å². The largest absolute Gasteiger partial charge is 0.485 e. The van der Waals surface area contributed by atoms with Gasteiger partial charge < -0.3 is 19.3 Å². The van der Waals surface area contributed by atoms with Crippen LogP contribution in [0.15, 0.2) is 267 Å². The van der Waals surface area contributed by atoms with Gasteiger partial charge in [0.1, 0.15) is 23.4 Å². The molecule has 0 saturated heterocycles. The summed E-state index contributed by atoms with van der Waals surface area (Å²) in [7, 11) is 0. The van der Waals surface area contributed by atoms with Crippen molar-refractivity contribution in [2.45, 2.75) is 12.5 Å². The maximum atomic E-state index is 7.17. The third kappa shape index (κ3) is 7.34. The van der Waals surface area contributed by atoms with Crippen LogP contribution < -0.4 is 19.3 Å². The van der Waals surface area contributed by atoms with Crippen LogP contribution in [0.4, 0.5) is 28.4 Å². The molecule has 1 atom stereocenters. The number of fused-ring (bicyclic) bond motifs is 5. The molecule has 1 aliphatic heterocycles. The topological polar surface area (TPSA) is 24.9 Å². The fourth-order valence-corrected chi connectivity index (χ4v) is 10.5. The maximum Gasteiger partial charge on any atom is 0.137 e. The molecular formula is C66H46N2O2. The lowest BCUT2D eigenvalue weighted by molar-refractivity contribution is 0.250. The fourth-order valence-electron chi connectivity index (χ4n) is 10.5. The summed E-state index contributed by atoms with van der Waals surface area (Å²) in [5, 5.41) is 6.90. The van der Waals surface area contributed by atoms with Gasteiger partial charge in [0.15, 0.2) is 0 Å². The van der Waals surface area contributed by atoms with Crippen molar-refractivity contribution < 1.29 is 9.47 Å². The first-order chi connectivity index (χ1) is 34.7. The second-order valence-electron chi connectivity index (χ2n) is 17.9. The summed E-state index contributed by atoms with van der Waals surface area (Å²) in [5.74, 6) is 2.45. The highest BCUT2D eigenvalue weighted by atomic mass is 16.5. The van der Waals surface area contributed by atoms with E-state index in [1.54, 1.807) is 0 Å². The van der Waals surface area contributed by atoms with Crippen molar-refractivity contribution in [2.24, 2.45) is 0 Å². The van der Waals surface area contributed by atoms with Crippen molar-refractivity contribution in [3.63, 3.8) is 0 Å². The normalized spacial score (nSPS) is 13.7. The number of nitrogens with zero attached hydrogens (tertiary/aromatic N) is 2. The Labute approximate surface area is 407 Å². The Morgan fingerprint density at radius 3 is 1.80 bits per heavy atom. The van der Waals surface area contributed by atoms with E-state index < -0.39 is 0 Å². The lowest BCUT2D eigenvalue weighted by Crippen LogP contribution is -2.25. The van der Waals surface area contributed by atoms with Gasteiger partial charge >= 0.3 is 0 Å². The Morgan fingerprint density at radius 2 is 1.04 bits per heavy atom. The van der Waals surface area contributed by atoms with Gasteiger partial charge in [-0.05, 0) is 123 Å². The van der Waals surface area contributed by atoms with Crippen LogP contribution in [0.3, 0.4) is 0 Å². The number of anilines is 5. The number of hydrogen-bond acceptors (Lipinski definition) is 4. The zero-order valence-electron chi connectivity index (χ0n) is 38.3. The molecule has 332 valence electrons. The second kappa shape index (κ2) is 17.5. The van der Waals surface area contributed by atoms with E-state index in [2.05, 4.69) is 271 Å². The number of para-hydroxylation sites is 2. The van der Waals surface area contributed by atoms with E-state index >= 15 is 0 Å². The zero-order chi connectivity index (χ0) is 46.4. The summed E-state index contributed by atoms with van der Waals surface area (Å²) in [6.07, 6.45) is 6.99. The average Bonchev–Trinajstić information content (AvgIpc) is 3.43. The Morgan fingerprint density at radius 1 is 0.400 bits per heavy atom. The molecule has 1 aliphatic carbocycles. The van der Waals surface area contributed by atoms with Gasteiger partial charge in [-0.2, -0.15) is 0 Å². The third-order valence-corrected chi connectivity index (χ3v) is 13.7. The highest BCUT2D eigenvalue weighted by Gasteiger charge is 2.28. The van der Waals surface area contributed by atoms with E-state index in [4.69, 9.17) is 9.47 Å². The zero-order valence-corrected chi connectivity index (χ0v) is 38.3. The molecule has 11 aromatic rings. The minimum atomic E-state index is -0.253. The summed E-state index contributed by atoms with van der Waals surface area (Å²) < 4.78 is 14.0. The molecule has 1 unspecified atom stereocenters. The summed E-state index contributed by atoms with van der Waals surface area (Å²) in [4.78, 5) is 4.75. The highest BCUT2D eigenvalue weighted by molar-refractivity contribution is 6.14. The maximum absolute atomic E-state index is 7.17. The standard InChI is InChI=1S/C66H46N2O2/c1-5-19-45(20-6-1)47-35-39-61(60(41-47)46-21-7-2-8-22-46)68(62-42-48-23-13-14-30-54(48)55-31-15-16-32-56(55)62)51-28-17-29-53(43-51)69-63-40-38-58-57-37-36-52(44-65(57)70-64-34-18-33-59(63)66(58)64)67(49-24-9-3-10-25-49)50-26-11-4-12-27-50/h1-42,44,53H,43H2. The van der Waals surface area contributed by atoms with Crippen LogP contribution in [0.2, 0.25) is 0 Å². The van der Waals surface area contributed by atoms with E-state index in [9.17, 15) is 0 Å². The van der Waals surface area contributed by atoms with Gasteiger partial charge in [0.2, 0.25) is 0 Å². The first-order valence-electron chi connectivity index (χ1n) is 24.0. The Hall–Kier alpha value is -9.12. The molecular weight excluding hydrogens is 853 g/mol. The van der Waals surface area contributed by atoms with Gasteiger partial charge in [-0.3, -0.25) is 0 Å². The molecule has 0 amide bonds.